The third-order valence-corrected chi connectivity index (χ3v) is 7.23. The molecule has 1 aliphatic carbocycles. The minimum absolute atomic E-state index is 0.230. The minimum Gasteiger partial charge on any atom is -0.493 e. The smallest absolute Gasteiger partial charge is 0.240 e. The molecule has 0 unspecified atom stereocenters. The zero-order valence-electron chi connectivity index (χ0n) is 15.2. The van der Waals surface area contributed by atoms with Crippen LogP contribution in [0.25, 0.3) is 0 Å². The lowest BCUT2D eigenvalue weighted by atomic mass is 9.92. The van der Waals surface area contributed by atoms with Crippen molar-refractivity contribution in [2.75, 3.05) is 13.2 Å². The Morgan fingerprint density at radius 3 is 2.59 bits per heavy atom. The van der Waals surface area contributed by atoms with Crippen molar-refractivity contribution in [3.8, 4) is 11.5 Å². The summed E-state index contributed by atoms with van der Waals surface area (Å²) in [6, 6.07) is 7.59. The van der Waals surface area contributed by atoms with Gasteiger partial charge in [0, 0.05) is 36.1 Å². The number of aryl methyl sites for hydroxylation is 2. The largest absolute Gasteiger partial charge is 0.493 e. The number of hydrogen-bond acceptors (Lipinski definition) is 4. The Morgan fingerprint density at radius 2 is 1.70 bits per heavy atom. The fraction of sp³-hybridized carbons (Fsp3) is 0.429. The van der Waals surface area contributed by atoms with E-state index in [2.05, 4.69) is 4.72 Å². The maximum absolute atomic E-state index is 12.9. The molecule has 5 nitrogen and oxygen atoms in total. The topological polar surface area (TPSA) is 64.6 Å². The van der Waals surface area contributed by atoms with Gasteiger partial charge < -0.3 is 9.47 Å². The molecule has 0 radical (unpaired) electrons. The van der Waals surface area contributed by atoms with E-state index in [1.807, 2.05) is 18.2 Å². The van der Waals surface area contributed by atoms with Crippen LogP contribution in [-0.4, -0.2) is 21.6 Å². The van der Waals surface area contributed by atoms with Gasteiger partial charge in [-0.25, -0.2) is 13.1 Å². The molecule has 2 aromatic carbocycles. The molecule has 5 rings (SSSR count). The molecule has 0 saturated heterocycles. The number of nitrogens with one attached hydrogen (secondary N) is 1. The van der Waals surface area contributed by atoms with E-state index in [1.165, 1.54) is 17.5 Å². The molecule has 27 heavy (non-hydrogen) atoms. The third kappa shape index (κ3) is 3.01. The molecule has 0 bridgehead atoms. The molecule has 0 spiro atoms. The summed E-state index contributed by atoms with van der Waals surface area (Å²) in [6.07, 6.45) is 5.96. The molecule has 0 atom stereocenters. The second kappa shape index (κ2) is 6.53. The van der Waals surface area contributed by atoms with Crippen LogP contribution in [-0.2, 0) is 42.3 Å². The highest BCUT2D eigenvalue weighted by Gasteiger charge is 2.27. The van der Waals surface area contributed by atoms with E-state index >= 15 is 0 Å². The van der Waals surface area contributed by atoms with Crippen LogP contribution in [0.1, 0.15) is 40.7 Å². The summed E-state index contributed by atoms with van der Waals surface area (Å²) in [7, 11) is -3.57. The van der Waals surface area contributed by atoms with Gasteiger partial charge in [0.2, 0.25) is 10.0 Å². The quantitative estimate of drug-likeness (QED) is 0.879. The van der Waals surface area contributed by atoms with E-state index in [4.69, 9.17) is 9.47 Å². The Hall–Kier alpha value is -2.05. The average Bonchev–Trinajstić information content (AvgIpc) is 3.33. The first-order valence-electron chi connectivity index (χ1n) is 9.66. The second-order valence-electron chi connectivity index (χ2n) is 7.48. The molecular formula is C21H23NO4S. The second-order valence-corrected chi connectivity index (χ2v) is 9.25. The molecular weight excluding hydrogens is 362 g/mol. The molecule has 0 aromatic heterocycles. The van der Waals surface area contributed by atoms with Crippen molar-refractivity contribution < 1.29 is 17.9 Å². The molecule has 0 fully saturated rings. The predicted molar refractivity (Wildman–Crippen MR) is 102 cm³/mol. The van der Waals surface area contributed by atoms with Gasteiger partial charge in [0.15, 0.2) is 0 Å². The number of fused-ring (bicyclic) bond motifs is 3. The molecule has 2 aromatic rings. The molecule has 1 N–H and O–H groups in total. The summed E-state index contributed by atoms with van der Waals surface area (Å²) in [5.74, 6) is 1.72. The van der Waals surface area contributed by atoms with Crippen molar-refractivity contribution >= 4 is 10.0 Å². The van der Waals surface area contributed by atoms with Gasteiger partial charge in [0.25, 0.3) is 0 Å². The van der Waals surface area contributed by atoms with E-state index in [-0.39, 0.29) is 6.54 Å². The number of hydrogen-bond donors (Lipinski definition) is 1. The van der Waals surface area contributed by atoms with E-state index in [0.717, 1.165) is 60.3 Å². The fourth-order valence-electron chi connectivity index (χ4n) is 4.40. The average molecular weight is 385 g/mol. The zero-order valence-corrected chi connectivity index (χ0v) is 16.0. The molecule has 0 saturated carbocycles. The lowest BCUT2D eigenvalue weighted by Gasteiger charge is -2.17. The molecule has 2 heterocycles. The third-order valence-electron chi connectivity index (χ3n) is 5.83. The number of benzene rings is 2. The van der Waals surface area contributed by atoms with Crippen LogP contribution < -0.4 is 14.2 Å². The van der Waals surface area contributed by atoms with Crippen LogP contribution >= 0.6 is 0 Å². The van der Waals surface area contributed by atoms with Gasteiger partial charge in [-0.3, -0.25) is 0 Å². The SMILES string of the molecule is O=S(=O)(NCc1c2c(cc3c1OCC3)OCC2)c1ccc2c(c1)CCCC2. The van der Waals surface area contributed by atoms with Crippen molar-refractivity contribution in [1.29, 1.82) is 0 Å². The first-order valence-corrected chi connectivity index (χ1v) is 11.1. The standard InChI is InChI=1S/C21H23NO4S/c23-27(24,17-6-5-14-3-1-2-4-15(14)11-17)22-13-19-18-8-10-25-20(18)12-16-7-9-26-21(16)19/h5-6,11-12,22H,1-4,7-10,13H2. The minimum atomic E-state index is -3.57. The Bertz CT molecular complexity index is 981. The lowest BCUT2D eigenvalue weighted by Crippen LogP contribution is -2.24. The first-order chi connectivity index (χ1) is 13.1. The Kier molecular flexibility index (Phi) is 4.13. The molecule has 142 valence electrons. The van der Waals surface area contributed by atoms with Crippen molar-refractivity contribution in [1.82, 2.24) is 4.72 Å². The van der Waals surface area contributed by atoms with Gasteiger partial charge >= 0.3 is 0 Å². The Morgan fingerprint density at radius 1 is 0.889 bits per heavy atom. The van der Waals surface area contributed by atoms with Crippen LogP contribution in [0.3, 0.4) is 0 Å². The molecule has 6 heteroatoms. The summed E-state index contributed by atoms with van der Waals surface area (Å²) < 4.78 is 40.1. The monoisotopic (exact) mass is 385 g/mol. The Balaban J connectivity index is 1.43. The van der Waals surface area contributed by atoms with Gasteiger partial charge in [-0.15, -0.1) is 0 Å². The number of rotatable bonds is 4. The van der Waals surface area contributed by atoms with Crippen LogP contribution in [0.15, 0.2) is 29.2 Å². The van der Waals surface area contributed by atoms with E-state index in [1.54, 1.807) is 6.07 Å². The summed E-state index contributed by atoms with van der Waals surface area (Å²) in [5, 5.41) is 0. The van der Waals surface area contributed by atoms with Gasteiger partial charge in [-0.05, 0) is 55.0 Å². The van der Waals surface area contributed by atoms with E-state index in [0.29, 0.717) is 18.1 Å². The van der Waals surface area contributed by atoms with Crippen LogP contribution in [0.2, 0.25) is 0 Å². The molecule has 0 amide bonds. The molecule has 3 aliphatic rings. The Labute approximate surface area is 159 Å². The molecule has 2 aliphatic heterocycles. The summed E-state index contributed by atoms with van der Waals surface area (Å²) in [4.78, 5) is 0.351. The maximum Gasteiger partial charge on any atom is 0.240 e. The van der Waals surface area contributed by atoms with Crippen LogP contribution in [0, 0.1) is 0 Å². The van der Waals surface area contributed by atoms with Gasteiger partial charge in [0.1, 0.15) is 11.5 Å². The van der Waals surface area contributed by atoms with Crippen molar-refractivity contribution in [2.45, 2.75) is 50.0 Å². The predicted octanol–water partition coefficient (Wildman–Crippen LogP) is 2.91. The summed E-state index contributed by atoms with van der Waals surface area (Å²) in [5.41, 5.74) is 5.56. The highest BCUT2D eigenvalue weighted by atomic mass is 32.2. The van der Waals surface area contributed by atoms with Gasteiger partial charge in [0.05, 0.1) is 18.1 Å². The van der Waals surface area contributed by atoms with E-state index in [9.17, 15) is 8.42 Å². The fourth-order valence-corrected chi connectivity index (χ4v) is 5.45. The highest BCUT2D eigenvalue weighted by Crippen LogP contribution is 2.40. The van der Waals surface area contributed by atoms with Crippen molar-refractivity contribution in [3.05, 3.63) is 52.1 Å². The lowest BCUT2D eigenvalue weighted by molar-refractivity contribution is 0.352. The normalized spacial score (nSPS) is 17.6. The van der Waals surface area contributed by atoms with Gasteiger partial charge in [-0.2, -0.15) is 0 Å². The van der Waals surface area contributed by atoms with Gasteiger partial charge in [-0.1, -0.05) is 6.07 Å². The number of ether oxygens (including phenoxy) is 2. The summed E-state index contributed by atoms with van der Waals surface area (Å²) >= 11 is 0. The summed E-state index contributed by atoms with van der Waals surface area (Å²) in [6.45, 7) is 1.51. The zero-order chi connectivity index (χ0) is 18.4. The van der Waals surface area contributed by atoms with E-state index < -0.39 is 10.0 Å². The van der Waals surface area contributed by atoms with Crippen molar-refractivity contribution in [2.24, 2.45) is 0 Å². The first kappa shape index (κ1) is 17.1. The number of sulfonamides is 1. The van der Waals surface area contributed by atoms with Crippen LogP contribution in [0.4, 0.5) is 0 Å². The maximum atomic E-state index is 12.9. The van der Waals surface area contributed by atoms with Crippen LogP contribution in [0.5, 0.6) is 11.5 Å². The highest BCUT2D eigenvalue weighted by molar-refractivity contribution is 7.89. The van der Waals surface area contributed by atoms with Crippen molar-refractivity contribution in [3.63, 3.8) is 0 Å².